The number of halogens is 2. The van der Waals surface area contributed by atoms with Gasteiger partial charge in [0.05, 0.1) is 4.90 Å². The third kappa shape index (κ3) is 3.44. The highest BCUT2D eigenvalue weighted by Gasteiger charge is 2.19. The molecule has 3 N–H and O–H groups in total. The number of nitrogen functional groups attached to an aromatic ring is 1. The fraction of sp³-hybridized carbons (Fsp3) is 0.0769. The predicted molar refractivity (Wildman–Crippen MR) is 93.3 cm³/mol. The average molecular weight is 467 g/mol. The van der Waals surface area contributed by atoms with Gasteiger partial charge in [0.2, 0.25) is 0 Å². The van der Waals surface area contributed by atoms with E-state index >= 15 is 0 Å². The first-order valence-corrected chi connectivity index (χ1v) is 8.99. The molecule has 4 nitrogen and oxygen atoms in total. The van der Waals surface area contributed by atoms with Gasteiger partial charge >= 0.3 is 0 Å². The highest BCUT2D eigenvalue weighted by atomic mass is 127. The normalized spacial score (nSPS) is 11.3. The summed E-state index contributed by atoms with van der Waals surface area (Å²) >= 11 is 5.42. The van der Waals surface area contributed by atoms with E-state index in [2.05, 4.69) is 43.2 Å². The minimum atomic E-state index is -3.66. The van der Waals surface area contributed by atoms with Crippen LogP contribution in [0, 0.1) is 10.5 Å². The van der Waals surface area contributed by atoms with E-state index in [1.54, 1.807) is 31.2 Å². The van der Waals surface area contributed by atoms with Gasteiger partial charge in [0, 0.05) is 19.4 Å². The first kappa shape index (κ1) is 15.6. The zero-order chi connectivity index (χ0) is 14.9. The highest BCUT2D eigenvalue weighted by molar-refractivity contribution is 14.1. The van der Waals surface area contributed by atoms with Crippen molar-refractivity contribution in [1.29, 1.82) is 0 Å². The maximum Gasteiger partial charge on any atom is 0.262 e. The molecule has 0 aliphatic carbocycles. The van der Waals surface area contributed by atoms with E-state index in [1.807, 2.05) is 12.1 Å². The van der Waals surface area contributed by atoms with E-state index in [9.17, 15) is 8.42 Å². The number of sulfonamides is 1. The molecule has 7 heteroatoms. The molecule has 20 heavy (non-hydrogen) atoms. The molecule has 0 spiro atoms. The molecule has 2 aromatic rings. The van der Waals surface area contributed by atoms with Crippen molar-refractivity contribution in [3.8, 4) is 0 Å². The number of nitrogens with one attached hydrogen (secondary N) is 1. The second-order valence-corrected chi connectivity index (χ2v) is 8.04. The summed E-state index contributed by atoms with van der Waals surface area (Å²) in [5, 5.41) is 0. The predicted octanol–water partition coefficient (Wildman–Crippen LogP) is 3.75. The Morgan fingerprint density at radius 1 is 1.20 bits per heavy atom. The van der Waals surface area contributed by atoms with E-state index in [4.69, 9.17) is 5.73 Å². The van der Waals surface area contributed by atoms with Gasteiger partial charge in [0.1, 0.15) is 0 Å². The summed E-state index contributed by atoms with van der Waals surface area (Å²) in [6.07, 6.45) is 0. The summed E-state index contributed by atoms with van der Waals surface area (Å²) < 4.78 is 29.1. The lowest BCUT2D eigenvalue weighted by Gasteiger charge is -2.12. The Labute approximate surface area is 140 Å². The molecule has 0 radical (unpaired) electrons. The monoisotopic (exact) mass is 466 g/mol. The fourth-order valence-electron chi connectivity index (χ4n) is 1.68. The van der Waals surface area contributed by atoms with Gasteiger partial charge in [-0.2, -0.15) is 0 Å². The second kappa shape index (κ2) is 5.90. The molecule has 106 valence electrons. The van der Waals surface area contributed by atoms with E-state index in [-0.39, 0.29) is 4.90 Å². The lowest BCUT2D eigenvalue weighted by atomic mass is 10.2. The maximum atomic E-state index is 12.4. The van der Waals surface area contributed by atoms with Crippen molar-refractivity contribution in [2.75, 3.05) is 10.5 Å². The molecule has 2 rings (SSSR count). The number of rotatable bonds is 3. The Hall–Kier alpha value is -0.800. The van der Waals surface area contributed by atoms with Crippen molar-refractivity contribution in [1.82, 2.24) is 0 Å². The number of hydrogen-bond acceptors (Lipinski definition) is 3. The molecule has 0 amide bonds. The lowest BCUT2D eigenvalue weighted by Crippen LogP contribution is -2.15. The molecular weight excluding hydrogens is 455 g/mol. The molecule has 0 heterocycles. The summed E-state index contributed by atoms with van der Waals surface area (Å²) in [6.45, 7) is 1.68. The zero-order valence-electron chi connectivity index (χ0n) is 10.5. The number of nitrogens with two attached hydrogens (primary N) is 1. The van der Waals surface area contributed by atoms with Crippen LogP contribution in [0.3, 0.4) is 0 Å². The summed E-state index contributed by atoms with van der Waals surface area (Å²) in [4.78, 5) is 0.169. The molecule has 0 saturated carbocycles. The number of hydrogen-bond donors (Lipinski definition) is 2. The van der Waals surface area contributed by atoms with Crippen LogP contribution in [0.2, 0.25) is 0 Å². The Morgan fingerprint density at radius 3 is 2.40 bits per heavy atom. The molecule has 0 fully saturated rings. The third-order valence-electron chi connectivity index (χ3n) is 2.75. The number of benzene rings is 2. The van der Waals surface area contributed by atoms with Gasteiger partial charge in [-0.05, 0) is 71.5 Å². The smallest absolute Gasteiger partial charge is 0.262 e. The van der Waals surface area contributed by atoms with Crippen molar-refractivity contribution in [3.05, 3.63) is 50.0 Å². The molecule has 0 saturated heterocycles. The van der Waals surface area contributed by atoms with E-state index in [1.165, 1.54) is 0 Å². The highest BCUT2D eigenvalue weighted by Crippen LogP contribution is 2.27. The summed E-state index contributed by atoms with van der Waals surface area (Å²) in [5.74, 6) is 0. The molecule has 0 bridgehead atoms. The van der Waals surface area contributed by atoms with Crippen LogP contribution in [0.15, 0.2) is 45.8 Å². The van der Waals surface area contributed by atoms with Gasteiger partial charge in [-0.25, -0.2) is 8.42 Å². The van der Waals surface area contributed by atoms with Gasteiger partial charge in [0.25, 0.3) is 10.0 Å². The first-order chi connectivity index (χ1) is 9.29. The Bertz CT molecular complexity index is 746. The van der Waals surface area contributed by atoms with Crippen molar-refractivity contribution in [2.24, 2.45) is 0 Å². The Kier molecular flexibility index (Phi) is 4.60. The average Bonchev–Trinajstić information content (AvgIpc) is 2.36. The van der Waals surface area contributed by atoms with Gasteiger partial charge in [-0.1, -0.05) is 15.9 Å². The van der Waals surface area contributed by atoms with Crippen molar-refractivity contribution >= 4 is 59.9 Å². The summed E-state index contributed by atoms with van der Waals surface area (Å²) in [7, 11) is -3.66. The van der Waals surface area contributed by atoms with E-state index in [0.717, 1.165) is 3.57 Å². The number of anilines is 2. The summed E-state index contributed by atoms with van der Waals surface area (Å²) in [6, 6.07) is 10.3. The fourth-order valence-corrected chi connectivity index (χ4v) is 4.03. The van der Waals surface area contributed by atoms with Crippen LogP contribution in [0.1, 0.15) is 5.56 Å². The zero-order valence-corrected chi connectivity index (χ0v) is 15.1. The van der Waals surface area contributed by atoms with Crippen molar-refractivity contribution in [2.45, 2.75) is 11.8 Å². The molecular formula is C13H12BrIN2O2S. The van der Waals surface area contributed by atoms with E-state index < -0.39 is 10.0 Å². The largest absolute Gasteiger partial charge is 0.398 e. The lowest BCUT2D eigenvalue weighted by molar-refractivity contribution is 0.600. The molecule has 0 unspecified atom stereocenters. The van der Waals surface area contributed by atoms with Gasteiger partial charge in [-0.15, -0.1) is 0 Å². The van der Waals surface area contributed by atoms with Crippen LogP contribution in [-0.4, -0.2) is 8.42 Å². The van der Waals surface area contributed by atoms with Crippen LogP contribution in [-0.2, 0) is 10.0 Å². The Morgan fingerprint density at radius 2 is 1.80 bits per heavy atom. The van der Waals surface area contributed by atoms with Gasteiger partial charge in [-0.3, -0.25) is 4.72 Å². The SMILES string of the molecule is Cc1c(N)cc(Br)cc1S(=O)(=O)Nc1ccc(I)cc1. The first-order valence-electron chi connectivity index (χ1n) is 5.63. The van der Waals surface area contributed by atoms with Gasteiger partial charge < -0.3 is 5.73 Å². The van der Waals surface area contributed by atoms with Crippen LogP contribution in [0.4, 0.5) is 11.4 Å². The molecule has 0 aliphatic heterocycles. The topological polar surface area (TPSA) is 72.2 Å². The quantitative estimate of drug-likeness (QED) is 0.534. The van der Waals surface area contributed by atoms with Crippen LogP contribution in [0.5, 0.6) is 0 Å². The third-order valence-corrected chi connectivity index (χ3v) is 5.44. The Balaban J connectivity index is 2.43. The van der Waals surface area contributed by atoms with Crippen LogP contribution < -0.4 is 10.5 Å². The second-order valence-electron chi connectivity index (χ2n) is 4.23. The standard InChI is InChI=1S/C13H12BrIN2O2S/c1-8-12(16)6-9(14)7-13(8)20(18,19)17-11-4-2-10(15)3-5-11/h2-7,17H,16H2,1H3. The van der Waals surface area contributed by atoms with Gasteiger partial charge in [0.15, 0.2) is 0 Å². The molecule has 2 aromatic carbocycles. The maximum absolute atomic E-state index is 12.4. The molecule has 0 aromatic heterocycles. The van der Waals surface area contributed by atoms with E-state index in [0.29, 0.717) is 21.4 Å². The van der Waals surface area contributed by atoms with Crippen LogP contribution >= 0.6 is 38.5 Å². The van der Waals surface area contributed by atoms with Crippen molar-refractivity contribution < 1.29 is 8.42 Å². The minimum Gasteiger partial charge on any atom is -0.398 e. The minimum absolute atomic E-state index is 0.169. The van der Waals surface area contributed by atoms with Crippen LogP contribution in [0.25, 0.3) is 0 Å². The molecule has 0 atom stereocenters. The summed E-state index contributed by atoms with van der Waals surface area (Å²) in [5.41, 5.74) is 7.29. The molecule has 0 aliphatic rings. The van der Waals surface area contributed by atoms with Crippen molar-refractivity contribution in [3.63, 3.8) is 0 Å².